The number of nitrogens with zero attached hydrogens (tertiary/aromatic N) is 1. The van der Waals surface area contributed by atoms with Crippen molar-refractivity contribution in [2.75, 3.05) is 19.3 Å². The Labute approximate surface area is 96.4 Å². The third-order valence-electron chi connectivity index (χ3n) is 2.98. The largest absolute Gasteiger partial charge is 0.388 e. The Morgan fingerprint density at radius 2 is 2.06 bits per heavy atom. The fraction of sp³-hybridized carbons (Fsp3) is 0.900. The van der Waals surface area contributed by atoms with Crippen LogP contribution in [0.4, 0.5) is 0 Å². The van der Waals surface area contributed by atoms with Crippen molar-refractivity contribution in [3.63, 3.8) is 0 Å². The Kier molecular flexibility index (Phi) is 3.64. The van der Waals surface area contributed by atoms with Crippen LogP contribution in [0.25, 0.3) is 0 Å². The maximum absolute atomic E-state index is 11.9. The highest BCUT2D eigenvalue weighted by Crippen LogP contribution is 2.21. The quantitative estimate of drug-likeness (QED) is 0.735. The van der Waals surface area contributed by atoms with Crippen LogP contribution in [0.1, 0.15) is 26.7 Å². The van der Waals surface area contributed by atoms with Gasteiger partial charge < -0.3 is 10.0 Å². The molecule has 0 aromatic carbocycles. The van der Waals surface area contributed by atoms with Crippen LogP contribution < -0.4 is 0 Å². The first-order valence-corrected chi connectivity index (χ1v) is 7.29. The molecule has 1 N–H and O–H groups in total. The molecule has 1 heterocycles. The van der Waals surface area contributed by atoms with Crippen LogP contribution in [0.15, 0.2) is 0 Å². The molecule has 1 rings (SSSR count). The molecule has 0 aromatic heterocycles. The summed E-state index contributed by atoms with van der Waals surface area (Å²) in [6.45, 7) is 3.79. The zero-order valence-electron chi connectivity index (χ0n) is 9.93. The average Bonchev–Trinajstić information content (AvgIpc) is 2.12. The van der Waals surface area contributed by atoms with Gasteiger partial charge in [-0.2, -0.15) is 0 Å². The lowest BCUT2D eigenvalue weighted by molar-refractivity contribution is -0.136. The summed E-state index contributed by atoms with van der Waals surface area (Å²) in [5, 5.41) is 8.81. The number of β-amino-alcohol motifs (C(OH)–C–C–N with tert-alkyl or cyclic N) is 1. The summed E-state index contributed by atoms with van der Waals surface area (Å²) in [6.07, 6.45) is 2.40. The fourth-order valence-corrected chi connectivity index (χ4v) is 2.36. The molecule has 0 aliphatic carbocycles. The maximum Gasteiger partial charge on any atom is 0.240 e. The van der Waals surface area contributed by atoms with Crippen LogP contribution in [0.2, 0.25) is 0 Å². The first-order valence-electron chi connectivity index (χ1n) is 5.33. The summed E-state index contributed by atoms with van der Waals surface area (Å²) in [4.78, 5) is 13.3. The summed E-state index contributed by atoms with van der Waals surface area (Å²) in [6, 6.07) is 0. The van der Waals surface area contributed by atoms with Crippen LogP contribution in [-0.2, 0) is 14.6 Å². The van der Waals surface area contributed by atoms with E-state index >= 15 is 0 Å². The van der Waals surface area contributed by atoms with Gasteiger partial charge in [0.05, 0.1) is 5.60 Å². The number of carbonyl (C=O) groups is 1. The Morgan fingerprint density at radius 1 is 1.50 bits per heavy atom. The lowest BCUT2D eigenvalue weighted by Crippen LogP contribution is -2.52. The number of likely N-dealkylation sites (tertiary alicyclic amines) is 1. The van der Waals surface area contributed by atoms with Crippen molar-refractivity contribution in [1.29, 1.82) is 0 Å². The molecule has 1 fully saturated rings. The molecule has 1 saturated heterocycles. The van der Waals surface area contributed by atoms with Gasteiger partial charge in [-0.25, -0.2) is 8.42 Å². The van der Waals surface area contributed by atoms with E-state index in [9.17, 15) is 18.3 Å². The SMILES string of the molecule is CC(C(=O)N1CCCC(C)(O)C1)S(C)(=O)=O. The molecule has 1 amide bonds. The van der Waals surface area contributed by atoms with Gasteiger partial charge in [0, 0.05) is 19.3 Å². The molecule has 1 aliphatic heterocycles. The highest BCUT2D eigenvalue weighted by molar-refractivity contribution is 7.92. The van der Waals surface area contributed by atoms with E-state index in [0.29, 0.717) is 19.4 Å². The van der Waals surface area contributed by atoms with E-state index < -0.39 is 26.6 Å². The lowest BCUT2D eigenvalue weighted by atomic mass is 9.95. The van der Waals surface area contributed by atoms with Crippen molar-refractivity contribution in [3.05, 3.63) is 0 Å². The number of hydrogen-bond donors (Lipinski definition) is 1. The van der Waals surface area contributed by atoms with E-state index in [1.165, 1.54) is 11.8 Å². The number of sulfone groups is 1. The van der Waals surface area contributed by atoms with E-state index in [0.717, 1.165) is 6.26 Å². The molecule has 2 unspecified atom stereocenters. The van der Waals surface area contributed by atoms with Crippen LogP contribution in [0, 0.1) is 0 Å². The Bertz CT molecular complexity index is 374. The number of hydrogen-bond acceptors (Lipinski definition) is 4. The van der Waals surface area contributed by atoms with E-state index in [-0.39, 0.29) is 6.54 Å². The van der Waals surface area contributed by atoms with Gasteiger partial charge in [0.15, 0.2) is 9.84 Å². The molecule has 5 nitrogen and oxygen atoms in total. The third-order valence-corrected chi connectivity index (χ3v) is 4.46. The maximum atomic E-state index is 11.9. The smallest absolute Gasteiger partial charge is 0.240 e. The molecule has 6 heteroatoms. The van der Waals surface area contributed by atoms with Gasteiger partial charge in [-0.1, -0.05) is 0 Å². The summed E-state index contributed by atoms with van der Waals surface area (Å²) in [5.74, 6) is -0.414. The van der Waals surface area contributed by atoms with Crippen molar-refractivity contribution in [1.82, 2.24) is 4.90 Å². The van der Waals surface area contributed by atoms with E-state index in [4.69, 9.17) is 0 Å². The first kappa shape index (κ1) is 13.4. The molecular formula is C10H19NO4S. The number of piperidine rings is 1. The van der Waals surface area contributed by atoms with E-state index in [1.54, 1.807) is 6.92 Å². The molecule has 94 valence electrons. The van der Waals surface area contributed by atoms with E-state index in [2.05, 4.69) is 0 Å². The molecule has 2 atom stereocenters. The zero-order chi connectivity index (χ0) is 12.6. The van der Waals surface area contributed by atoms with Crippen molar-refractivity contribution in [2.45, 2.75) is 37.5 Å². The zero-order valence-corrected chi connectivity index (χ0v) is 10.7. The number of carbonyl (C=O) groups excluding carboxylic acids is 1. The molecule has 1 aliphatic rings. The molecule has 0 bridgehead atoms. The summed E-state index contributed by atoms with van der Waals surface area (Å²) < 4.78 is 22.5. The minimum absolute atomic E-state index is 0.214. The number of rotatable bonds is 2. The minimum atomic E-state index is -3.36. The standard InChI is InChI=1S/C10H19NO4S/c1-8(16(3,14)15)9(12)11-6-4-5-10(2,13)7-11/h8,13H,4-7H2,1-3H3. The highest BCUT2D eigenvalue weighted by Gasteiger charge is 2.35. The predicted octanol–water partition coefficient (Wildman–Crippen LogP) is -0.207. The number of amides is 1. The van der Waals surface area contributed by atoms with Gasteiger partial charge in [-0.15, -0.1) is 0 Å². The third kappa shape index (κ3) is 3.18. The molecule has 16 heavy (non-hydrogen) atoms. The second kappa shape index (κ2) is 4.33. The monoisotopic (exact) mass is 249 g/mol. The van der Waals surface area contributed by atoms with Crippen molar-refractivity contribution in [3.8, 4) is 0 Å². The lowest BCUT2D eigenvalue weighted by Gasteiger charge is -2.37. The van der Waals surface area contributed by atoms with Crippen LogP contribution in [-0.4, -0.2) is 54.5 Å². The molecule has 0 radical (unpaired) electrons. The van der Waals surface area contributed by atoms with Gasteiger partial charge >= 0.3 is 0 Å². The molecule has 0 aromatic rings. The van der Waals surface area contributed by atoms with Crippen molar-refractivity contribution >= 4 is 15.7 Å². The average molecular weight is 249 g/mol. The molecule has 0 spiro atoms. The highest BCUT2D eigenvalue weighted by atomic mass is 32.2. The second-order valence-corrected chi connectivity index (χ2v) is 7.20. The number of aliphatic hydroxyl groups is 1. The predicted molar refractivity (Wildman–Crippen MR) is 60.7 cm³/mol. The van der Waals surface area contributed by atoms with Crippen LogP contribution >= 0.6 is 0 Å². The van der Waals surface area contributed by atoms with Gasteiger partial charge in [-0.05, 0) is 26.7 Å². The van der Waals surface area contributed by atoms with Crippen LogP contribution in [0.3, 0.4) is 0 Å². The molecule has 0 saturated carbocycles. The Hall–Kier alpha value is -0.620. The van der Waals surface area contributed by atoms with Gasteiger partial charge in [0.2, 0.25) is 5.91 Å². The Morgan fingerprint density at radius 3 is 2.50 bits per heavy atom. The van der Waals surface area contributed by atoms with Gasteiger partial charge in [0.1, 0.15) is 5.25 Å². The van der Waals surface area contributed by atoms with Crippen molar-refractivity contribution < 1.29 is 18.3 Å². The first-order chi connectivity index (χ1) is 7.13. The van der Waals surface area contributed by atoms with E-state index in [1.807, 2.05) is 0 Å². The minimum Gasteiger partial charge on any atom is -0.388 e. The van der Waals surface area contributed by atoms with Crippen LogP contribution in [0.5, 0.6) is 0 Å². The van der Waals surface area contributed by atoms with Gasteiger partial charge in [-0.3, -0.25) is 4.79 Å². The second-order valence-electron chi connectivity index (χ2n) is 4.83. The fourth-order valence-electron chi connectivity index (χ4n) is 1.85. The summed E-state index contributed by atoms with van der Waals surface area (Å²) in [5.41, 5.74) is -0.898. The molecular weight excluding hydrogens is 230 g/mol. The normalized spacial score (nSPS) is 28.9. The topological polar surface area (TPSA) is 74.7 Å². The summed E-state index contributed by atoms with van der Waals surface area (Å²) in [7, 11) is -3.36. The summed E-state index contributed by atoms with van der Waals surface area (Å²) >= 11 is 0. The van der Waals surface area contributed by atoms with Gasteiger partial charge in [0.25, 0.3) is 0 Å². The Balaban J connectivity index is 2.75. The van der Waals surface area contributed by atoms with Crippen molar-refractivity contribution in [2.24, 2.45) is 0 Å².